The van der Waals surface area contributed by atoms with Gasteiger partial charge in [-0.15, -0.1) is 0 Å². The summed E-state index contributed by atoms with van der Waals surface area (Å²) in [5.74, 6) is -0.532. The largest absolute Gasteiger partial charge is 0.475 e. The first-order valence-corrected chi connectivity index (χ1v) is 13.2. The predicted octanol–water partition coefficient (Wildman–Crippen LogP) is 5.28. The fourth-order valence-electron chi connectivity index (χ4n) is 3.13. The first kappa shape index (κ1) is 27.7. The number of rotatable bonds is 16. The van der Waals surface area contributed by atoms with E-state index < -0.39 is 20.3 Å². The van der Waals surface area contributed by atoms with Crippen LogP contribution in [0.5, 0.6) is 0 Å². The minimum absolute atomic E-state index is 0.00701. The highest BCUT2D eigenvalue weighted by atomic mass is 31.2. The summed E-state index contributed by atoms with van der Waals surface area (Å²) in [5.41, 5.74) is 2.46. The molecule has 0 atom stereocenters. The molecule has 9 heteroatoms. The smallest absolute Gasteiger partial charge is 0.396 e. The van der Waals surface area contributed by atoms with Crippen LogP contribution in [0.3, 0.4) is 0 Å². The molecule has 0 fully saturated rings. The number of phosphoric acid groups is 1. The van der Waals surface area contributed by atoms with E-state index in [4.69, 9.17) is 23.5 Å². The Morgan fingerprint density at radius 1 is 0.694 bits per heavy atom. The van der Waals surface area contributed by atoms with E-state index in [0.717, 1.165) is 16.7 Å². The van der Waals surface area contributed by atoms with Crippen molar-refractivity contribution in [2.45, 2.75) is 32.7 Å². The topological polar surface area (TPSA) is 94.5 Å². The number of hydrogen-bond donors (Lipinski definition) is 1. The van der Waals surface area contributed by atoms with E-state index >= 15 is 0 Å². The molecule has 8 nitrogen and oxygen atoms in total. The molecule has 192 valence electrons. The lowest BCUT2D eigenvalue weighted by Gasteiger charge is -2.23. The average molecular weight is 514 g/mol. The molecule has 0 heterocycles. The van der Waals surface area contributed by atoms with E-state index in [1.165, 1.54) is 5.06 Å². The first-order valence-electron chi connectivity index (χ1n) is 11.8. The molecule has 0 aliphatic rings. The van der Waals surface area contributed by atoms with Crippen molar-refractivity contribution in [1.82, 2.24) is 5.06 Å². The minimum atomic E-state index is -4.10. The van der Waals surface area contributed by atoms with Crippen LogP contribution in [0.25, 0.3) is 0 Å². The van der Waals surface area contributed by atoms with Crippen LogP contribution >= 0.6 is 7.82 Å². The fourth-order valence-corrected chi connectivity index (χ4v) is 4.24. The van der Waals surface area contributed by atoms with Crippen LogP contribution < -0.4 is 0 Å². The van der Waals surface area contributed by atoms with Crippen LogP contribution in [-0.4, -0.2) is 35.8 Å². The van der Waals surface area contributed by atoms with Gasteiger partial charge in [-0.25, -0.2) is 9.63 Å². The number of hydroxylamine groups is 2. The SMILES string of the molecule is O=C(COP(=O)(OCc1ccccc1)OCc1ccccc1)N(CCCCO)OCc1ccccc1. The standard InChI is InChI=1S/C27H32NO7P/c29-19-11-10-18-28(32-20-24-12-4-1-5-13-24)27(30)23-35-36(31,33-21-25-14-6-2-7-15-25)34-22-26-16-8-3-9-17-26/h1-9,12-17,29H,10-11,18-23H2. The molecule has 3 aromatic carbocycles. The molecule has 0 radical (unpaired) electrons. The Bertz CT molecular complexity index is 1020. The number of carbonyl (C=O) groups excluding carboxylic acids is 1. The van der Waals surface area contributed by atoms with Gasteiger partial charge in [-0.2, -0.15) is 0 Å². The molecule has 0 bridgehead atoms. The highest BCUT2D eigenvalue weighted by Gasteiger charge is 2.30. The number of nitrogens with zero attached hydrogens (tertiary/aromatic N) is 1. The molecule has 3 rings (SSSR count). The Labute approximate surface area is 212 Å². The van der Waals surface area contributed by atoms with Gasteiger partial charge < -0.3 is 5.11 Å². The van der Waals surface area contributed by atoms with Crippen molar-refractivity contribution in [1.29, 1.82) is 0 Å². The number of aliphatic hydroxyl groups is 1. The summed E-state index contributed by atoms with van der Waals surface area (Å²) in [6.07, 6.45) is 1.04. The summed E-state index contributed by atoms with van der Waals surface area (Å²) in [5, 5.41) is 10.3. The second kappa shape index (κ2) is 15.3. The van der Waals surface area contributed by atoms with Crippen molar-refractivity contribution in [3.63, 3.8) is 0 Å². The summed E-state index contributed by atoms with van der Waals surface area (Å²) in [6, 6.07) is 27.8. The van der Waals surface area contributed by atoms with E-state index in [9.17, 15) is 9.36 Å². The summed E-state index contributed by atoms with van der Waals surface area (Å²) in [6.45, 7) is -0.145. The molecular formula is C27H32NO7P. The van der Waals surface area contributed by atoms with Gasteiger partial charge in [0.05, 0.1) is 13.2 Å². The molecule has 0 saturated carbocycles. The highest BCUT2D eigenvalue weighted by Crippen LogP contribution is 2.51. The minimum Gasteiger partial charge on any atom is -0.396 e. The maximum atomic E-state index is 13.4. The highest BCUT2D eigenvalue weighted by molar-refractivity contribution is 7.48. The molecule has 0 unspecified atom stereocenters. The third-order valence-corrected chi connectivity index (χ3v) is 6.42. The third-order valence-electron chi connectivity index (χ3n) is 5.09. The molecule has 0 aliphatic heterocycles. The molecule has 0 spiro atoms. The molecule has 36 heavy (non-hydrogen) atoms. The van der Waals surface area contributed by atoms with Crippen molar-refractivity contribution in [3.05, 3.63) is 108 Å². The zero-order chi connectivity index (χ0) is 25.5. The van der Waals surface area contributed by atoms with Crippen LogP contribution in [0.1, 0.15) is 29.5 Å². The van der Waals surface area contributed by atoms with Gasteiger partial charge >= 0.3 is 7.82 Å². The molecule has 1 N–H and O–H groups in total. The van der Waals surface area contributed by atoms with Gasteiger partial charge in [0.1, 0.15) is 13.2 Å². The van der Waals surface area contributed by atoms with Crippen LogP contribution in [-0.2, 0) is 47.6 Å². The van der Waals surface area contributed by atoms with Gasteiger partial charge in [-0.3, -0.25) is 23.2 Å². The summed E-state index contributed by atoms with van der Waals surface area (Å²) in [4.78, 5) is 18.6. The Morgan fingerprint density at radius 3 is 1.64 bits per heavy atom. The van der Waals surface area contributed by atoms with Gasteiger partial charge in [0, 0.05) is 13.2 Å². The maximum Gasteiger partial charge on any atom is 0.475 e. The lowest BCUT2D eigenvalue weighted by molar-refractivity contribution is -0.194. The number of unbranched alkanes of at least 4 members (excludes halogenated alkanes) is 1. The molecule has 1 amide bonds. The van der Waals surface area contributed by atoms with Gasteiger partial charge in [0.15, 0.2) is 0 Å². The fraction of sp³-hybridized carbons (Fsp3) is 0.296. The zero-order valence-corrected chi connectivity index (χ0v) is 21.0. The van der Waals surface area contributed by atoms with Crippen molar-refractivity contribution in [3.8, 4) is 0 Å². The maximum absolute atomic E-state index is 13.4. The number of phosphoric ester groups is 1. The van der Waals surface area contributed by atoms with Crippen molar-refractivity contribution in [2.75, 3.05) is 19.8 Å². The summed E-state index contributed by atoms with van der Waals surface area (Å²) >= 11 is 0. The lowest BCUT2D eigenvalue weighted by Crippen LogP contribution is -2.35. The third kappa shape index (κ3) is 10.0. The Kier molecular flexibility index (Phi) is 11.8. The van der Waals surface area contributed by atoms with Crippen molar-refractivity contribution in [2.24, 2.45) is 0 Å². The number of benzene rings is 3. The lowest BCUT2D eigenvalue weighted by atomic mass is 10.2. The van der Waals surface area contributed by atoms with Crippen molar-refractivity contribution < 1.29 is 32.9 Å². The van der Waals surface area contributed by atoms with E-state index in [1.54, 1.807) is 0 Å². The van der Waals surface area contributed by atoms with Crippen LogP contribution in [0.15, 0.2) is 91.0 Å². The zero-order valence-electron chi connectivity index (χ0n) is 20.1. The monoisotopic (exact) mass is 513 g/mol. The number of amides is 1. The predicted molar refractivity (Wildman–Crippen MR) is 135 cm³/mol. The Hall–Kier alpha value is -2.84. The number of carbonyl (C=O) groups is 1. The van der Waals surface area contributed by atoms with Gasteiger partial charge in [0.25, 0.3) is 5.91 Å². The van der Waals surface area contributed by atoms with Gasteiger partial charge in [-0.1, -0.05) is 91.0 Å². The summed E-state index contributed by atoms with van der Waals surface area (Å²) < 4.78 is 30.0. The van der Waals surface area contributed by atoms with Crippen LogP contribution in [0, 0.1) is 0 Å². The van der Waals surface area contributed by atoms with Crippen molar-refractivity contribution >= 4 is 13.7 Å². The molecule has 3 aromatic rings. The van der Waals surface area contributed by atoms with E-state index in [-0.39, 0.29) is 33.0 Å². The summed E-state index contributed by atoms with van der Waals surface area (Å²) in [7, 11) is -4.10. The van der Waals surface area contributed by atoms with E-state index in [0.29, 0.717) is 12.8 Å². The second-order valence-corrected chi connectivity index (χ2v) is 9.59. The van der Waals surface area contributed by atoms with Crippen LogP contribution in [0.2, 0.25) is 0 Å². The van der Waals surface area contributed by atoms with Gasteiger partial charge in [0.2, 0.25) is 0 Å². The molecule has 0 saturated heterocycles. The number of aliphatic hydroxyl groups excluding tert-OH is 1. The second-order valence-electron chi connectivity index (χ2n) is 7.92. The average Bonchev–Trinajstić information content (AvgIpc) is 2.93. The van der Waals surface area contributed by atoms with E-state index in [1.807, 2.05) is 91.0 Å². The van der Waals surface area contributed by atoms with E-state index in [2.05, 4.69) is 0 Å². The molecular weight excluding hydrogens is 481 g/mol. The normalized spacial score (nSPS) is 11.4. The van der Waals surface area contributed by atoms with Crippen LogP contribution in [0.4, 0.5) is 0 Å². The first-order chi connectivity index (χ1) is 17.6. The quantitative estimate of drug-likeness (QED) is 0.158. The molecule has 0 aliphatic carbocycles. The Balaban J connectivity index is 1.63. The number of hydrogen-bond acceptors (Lipinski definition) is 7. The van der Waals surface area contributed by atoms with Gasteiger partial charge in [-0.05, 0) is 29.5 Å². The molecule has 0 aromatic heterocycles. The Morgan fingerprint density at radius 2 is 1.17 bits per heavy atom.